The van der Waals surface area contributed by atoms with E-state index in [0.29, 0.717) is 23.4 Å². The Morgan fingerprint density at radius 3 is 2.68 bits per heavy atom. The van der Waals surface area contributed by atoms with Gasteiger partial charge in [-0.3, -0.25) is 9.69 Å². The molecule has 2 heterocycles. The first-order chi connectivity index (χ1) is 9.11. The second-order valence-electron chi connectivity index (χ2n) is 4.48. The summed E-state index contributed by atoms with van der Waals surface area (Å²) in [5, 5.41) is 8.88. The fourth-order valence-corrected chi connectivity index (χ4v) is 2.43. The second kappa shape index (κ2) is 6.13. The molecule has 0 aromatic carbocycles. The molecule has 1 aliphatic rings. The molecular formula is C13H15BrN4O. The molecule has 6 heteroatoms. The maximum Gasteiger partial charge on any atom is 0.272 e. The SMILES string of the molecule is CC(C#N)N1CCN(C(=O)c2cccc(Br)n2)CC1. The van der Waals surface area contributed by atoms with Crippen molar-refractivity contribution < 1.29 is 4.79 Å². The zero-order chi connectivity index (χ0) is 13.8. The smallest absolute Gasteiger partial charge is 0.272 e. The molecule has 2 rings (SSSR count). The third-order valence-electron chi connectivity index (χ3n) is 3.27. The van der Waals surface area contributed by atoms with Crippen molar-refractivity contribution in [2.24, 2.45) is 0 Å². The Bertz CT molecular complexity index is 506. The molecule has 0 radical (unpaired) electrons. The van der Waals surface area contributed by atoms with Crippen molar-refractivity contribution in [3.8, 4) is 6.07 Å². The summed E-state index contributed by atoms with van der Waals surface area (Å²) in [4.78, 5) is 20.3. The zero-order valence-corrected chi connectivity index (χ0v) is 12.3. The Hall–Kier alpha value is -1.45. The van der Waals surface area contributed by atoms with E-state index in [1.807, 2.05) is 6.92 Å². The molecule has 1 unspecified atom stereocenters. The van der Waals surface area contributed by atoms with Gasteiger partial charge in [0.1, 0.15) is 10.3 Å². The summed E-state index contributed by atoms with van der Waals surface area (Å²) in [7, 11) is 0. The van der Waals surface area contributed by atoms with Gasteiger partial charge in [0.15, 0.2) is 0 Å². The summed E-state index contributed by atoms with van der Waals surface area (Å²) >= 11 is 3.27. The number of carbonyl (C=O) groups excluding carboxylic acids is 1. The Morgan fingerprint density at radius 2 is 2.11 bits per heavy atom. The number of piperazine rings is 1. The van der Waals surface area contributed by atoms with E-state index < -0.39 is 0 Å². The van der Waals surface area contributed by atoms with Crippen molar-refractivity contribution >= 4 is 21.8 Å². The summed E-state index contributed by atoms with van der Waals surface area (Å²) in [5.41, 5.74) is 0.455. The highest BCUT2D eigenvalue weighted by molar-refractivity contribution is 9.10. The lowest BCUT2D eigenvalue weighted by molar-refractivity contribution is 0.0610. The van der Waals surface area contributed by atoms with E-state index in [2.05, 4.69) is 31.9 Å². The topological polar surface area (TPSA) is 60.2 Å². The molecule has 100 valence electrons. The zero-order valence-electron chi connectivity index (χ0n) is 10.7. The van der Waals surface area contributed by atoms with Crippen molar-refractivity contribution in [2.45, 2.75) is 13.0 Å². The molecule has 1 atom stereocenters. The van der Waals surface area contributed by atoms with Crippen LogP contribution in [0.25, 0.3) is 0 Å². The van der Waals surface area contributed by atoms with E-state index in [0.717, 1.165) is 13.1 Å². The number of aromatic nitrogens is 1. The minimum atomic E-state index is -0.0961. The van der Waals surface area contributed by atoms with Crippen LogP contribution in [0.2, 0.25) is 0 Å². The number of hydrogen-bond acceptors (Lipinski definition) is 4. The van der Waals surface area contributed by atoms with Crippen molar-refractivity contribution in [3.05, 3.63) is 28.5 Å². The monoisotopic (exact) mass is 322 g/mol. The number of nitriles is 1. The highest BCUT2D eigenvalue weighted by atomic mass is 79.9. The standard InChI is InChI=1S/C13H15BrN4O/c1-10(9-15)17-5-7-18(8-6-17)13(19)11-3-2-4-12(14)16-11/h2-4,10H,5-8H2,1H3. The summed E-state index contributed by atoms with van der Waals surface area (Å²) in [6.07, 6.45) is 0. The highest BCUT2D eigenvalue weighted by Gasteiger charge is 2.25. The van der Waals surface area contributed by atoms with Gasteiger partial charge < -0.3 is 4.90 Å². The summed E-state index contributed by atoms with van der Waals surface area (Å²) in [6, 6.07) is 7.44. The van der Waals surface area contributed by atoms with Gasteiger partial charge >= 0.3 is 0 Å². The van der Waals surface area contributed by atoms with Crippen LogP contribution >= 0.6 is 15.9 Å². The predicted molar refractivity (Wildman–Crippen MR) is 74.5 cm³/mol. The van der Waals surface area contributed by atoms with E-state index in [9.17, 15) is 4.79 Å². The molecule has 1 aromatic heterocycles. The van der Waals surface area contributed by atoms with Gasteiger partial charge in [-0.2, -0.15) is 5.26 Å². The second-order valence-corrected chi connectivity index (χ2v) is 5.29. The van der Waals surface area contributed by atoms with Gasteiger partial charge in [-0.1, -0.05) is 6.07 Å². The van der Waals surface area contributed by atoms with Crippen molar-refractivity contribution in [1.29, 1.82) is 5.26 Å². The number of carbonyl (C=O) groups is 1. The molecule has 1 aliphatic heterocycles. The summed E-state index contributed by atoms with van der Waals surface area (Å²) < 4.78 is 0.662. The van der Waals surface area contributed by atoms with Crippen LogP contribution in [0.5, 0.6) is 0 Å². The molecule has 5 nitrogen and oxygen atoms in total. The molecule has 1 aromatic rings. The van der Waals surface area contributed by atoms with Gasteiger partial charge in [-0.25, -0.2) is 4.98 Å². The first kappa shape index (κ1) is 14.0. The van der Waals surface area contributed by atoms with Crippen LogP contribution in [0.4, 0.5) is 0 Å². The number of hydrogen-bond donors (Lipinski definition) is 0. The van der Waals surface area contributed by atoms with Crippen LogP contribution in [-0.4, -0.2) is 52.9 Å². The van der Waals surface area contributed by atoms with Gasteiger partial charge in [0, 0.05) is 26.2 Å². The Morgan fingerprint density at radius 1 is 1.42 bits per heavy atom. The van der Waals surface area contributed by atoms with Crippen LogP contribution in [-0.2, 0) is 0 Å². The lowest BCUT2D eigenvalue weighted by Crippen LogP contribution is -2.51. The molecule has 0 N–H and O–H groups in total. The van der Waals surface area contributed by atoms with Crippen LogP contribution in [0.3, 0.4) is 0 Å². The lowest BCUT2D eigenvalue weighted by Gasteiger charge is -2.35. The molecular weight excluding hydrogens is 308 g/mol. The highest BCUT2D eigenvalue weighted by Crippen LogP contribution is 2.11. The van der Waals surface area contributed by atoms with E-state index in [1.54, 1.807) is 23.1 Å². The average Bonchev–Trinajstić information content (AvgIpc) is 2.46. The number of halogens is 1. The number of nitrogens with zero attached hydrogens (tertiary/aromatic N) is 4. The van der Waals surface area contributed by atoms with Gasteiger partial charge in [0.25, 0.3) is 5.91 Å². The molecule has 0 spiro atoms. The normalized spacial score (nSPS) is 17.8. The number of rotatable bonds is 2. The maximum absolute atomic E-state index is 12.3. The molecule has 19 heavy (non-hydrogen) atoms. The predicted octanol–water partition coefficient (Wildman–Crippen LogP) is 1.51. The van der Waals surface area contributed by atoms with E-state index in [4.69, 9.17) is 5.26 Å². The molecule has 1 saturated heterocycles. The van der Waals surface area contributed by atoms with Crippen molar-refractivity contribution in [3.63, 3.8) is 0 Å². The van der Waals surface area contributed by atoms with Crippen LogP contribution in [0.1, 0.15) is 17.4 Å². The molecule has 0 saturated carbocycles. The first-order valence-corrected chi connectivity index (χ1v) is 6.96. The number of amides is 1. The van der Waals surface area contributed by atoms with E-state index in [1.165, 1.54) is 0 Å². The van der Waals surface area contributed by atoms with Crippen LogP contribution in [0, 0.1) is 11.3 Å². The van der Waals surface area contributed by atoms with Gasteiger partial charge in [0.2, 0.25) is 0 Å². The van der Waals surface area contributed by atoms with Crippen molar-refractivity contribution in [2.75, 3.05) is 26.2 Å². The first-order valence-electron chi connectivity index (χ1n) is 6.17. The minimum absolute atomic E-state index is 0.0504. The third-order valence-corrected chi connectivity index (χ3v) is 3.71. The Balaban J connectivity index is 1.98. The quantitative estimate of drug-likeness (QED) is 0.774. The van der Waals surface area contributed by atoms with Gasteiger partial charge in [-0.05, 0) is 35.0 Å². The van der Waals surface area contributed by atoms with Crippen LogP contribution < -0.4 is 0 Å². The van der Waals surface area contributed by atoms with Crippen LogP contribution in [0.15, 0.2) is 22.8 Å². The van der Waals surface area contributed by atoms with E-state index >= 15 is 0 Å². The summed E-state index contributed by atoms with van der Waals surface area (Å²) in [5.74, 6) is -0.0504. The maximum atomic E-state index is 12.3. The Labute approximate surface area is 121 Å². The van der Waals surface area contributed by atoms with Crippen molar-refractivity contribution in [1.82, 2.24) is 14.8 Å². The molecule has 1 amide bonds. The van der Waals surface area contributed by atoms with Gasteiger partial charge in [-0.15, -0.1) is 0 Å². The third kappa shape index (κ3) is 3.31. The molecule has 1 fully saturated rings. The molecule has 0 aliphatic carbocycles. The number of pyridine rings is 1. The van der Waals surface area contributed by atoms with Gasteiger partial charge in [0.05, 0.1) is 12.1 Å². The molecule has 0 bridgehead atoms. The average molecular weight is 323 g/mol. The minimum Gasteiger partial charge on any atom is -0.335 e. The summed E-state index contributed by atoms with van der Waals surface area (Å²) in [6.45, 7) is 4.62. The Kier molecular flexibility index (Phi) is 4.51. The fourth-order valence-electron chi connectivity index (χ4n) is 2.08. The van der Waals surface area contributed by atoms with E-state index in [-0.39, 0.29) is 11.9 Å². The fraction of sp³-hybridized carbons (Fsp3) is 0.462. The largest absolute Gasteiger partial charge is 0.335 e. The lowest BCUT2D eigenvalue weighted by atomic mass is 10.2.